The number of rotatable bonds is 25. The standard InChI is InChI=1S/C49H59BF2N10O7S/c1-2-53-48(67)45-43(65)44(66)49(69-45)60-32-59-42-46(57-31-58-47(42)60)56-27-10-6-4-3-5-9-25-54-40(63)14-8-7-11-26-55-41(64)30-68-37-22-16-33(17-23-37)15-18-34-19-20-35-29-36-21-24-38(39-13-12-28-70-39)62(36)50(51,52)61(34)35/h12-13,15-24,28-29,31-32,43-45,49,65-66H,2-11,14,25-27,30H2,1H3,(H,53,67)(H,54,63)(H,55,64)(H,56,57,58)/b18-15+/t43-,44+,45-,49+/m0/s1. The molecule has 0 radical (unpaired) electrons. The fraction of sp³-hybridized carbons (Fsp3) is 0.408. The molecule has 4 aromatic heterocycles. The Bertz CT molecular complexity index is 2740. The first kappa shape index (κ1) is 49.9. The van der Waals surface area contributed by atoms with Crippen molar-refractivity contribution < 1.29 is 47.2 Å². The number of likely N-dealkylation sites (N-methyl/N-ethyl adjacent to an activating group) is 1. The number of aliphatic hydroxyl groups excluding tert-OH is 2. The van der Waals surface area contributed by atoms with Crippen LogP contribution in [0.15, 0.2) is 84.4 Å². The van der Waals surface area contributed by atoms with E-state index in [9.17, 15) is 24.6 Å². The van der Waals surface area contributed by atoms with Gasteiger partial charge in [0.15, 0.2) is 47.3 Å². The minimum atomic E-state index is -4.13. The molecule has 370 valence electrons. The van der Waals surface area contributed by atoms with Crippen LogP contribution >= 0.6 is 11.3 Å². The van der Waals surface area contributed by atoms with Gasteiger partial charge in [0.05, 0.1) is 11.2 Å². The number of halogens is 2. The molecule has 3 aliphatic heterocycles. The first-order valence-electron chi connectivity index (χ1n) is 24.0. The lowest BCUT2D eigenvalue weighted by atomic mass is 9.90. The molecule has 17 nitrogen and oxygen atoms in total. The maximum atomic E-state index is 16.1. The summed E-state index contributed by atoms with van der Waals surface area (Å²) in [7, 11) is 0. The summed E-state index contributed by atoms with van der Waals surface area (Å²) in [5.41, 5.74) is 3.50. The van der Waals surface area contributed by atoms with Crippen molar-refractivity contribution >= 4 is 76.9 Å². The molecule has 1 fully saturated rings. The summed E-state index contributed by atoms with van der Waals surface area (Å²) in [6, 6.07) is 14.2. The van der Waals surface area contributed by atoms with E-state index in [-0.39, 0.29) is 18.4 Å². The van der Waals surface area contributed by atoms with Crippen molar-refractivity contribution in [2.75, 3.05) is 38.1 Å². The molecule has 8 rings (SSSR count). The molecule has 70 heavy (non-hydrogen) atoms. The molecule has 6 N–H and O–H groups in total. The zero-order chi connectivity index (χ0) is 49.0. The van der Waals surface area contributed by atoms with E-state index in [1.165, 1.54) is 28.6 Å². The highest BCUT2D eigenvalue weighted by Gasteiger charge is 2.52. The molecular weight excluding hydrogens is 921 g/mol. The Morgan fingerprint density at radius 1 is 0.857 bits per heavy atom. The van der Waals surface area contributed by atoms with E-state index in [1.54, 1.807) is 73.7 Å². The zero-order valence-corrected chi connectivity index (χ0v) is 39.8. The van der Waals surface area contributed by atoms with Gasteiger partial charge in [-0.3, -0.25) is 19.0 Å². The van der Waals surface area contributed by atoms with Crippen LogP contribution in [-0.4, -0.2) is 120 Å². The number of allylic oxidation sites excluding steroid dienone is 2. The Morgan fingerprint density at radius 2 is 1.60 bits per heavy atom. The number of amides is 3. The monoisotopic (exact) mass is 980 g/mol. The number of unbranched alkanes of at least 4 members (excludes halogenated alkanes) is 7. The topological polar surface area (TPSA) is 210 Å². The van der Waals surface area contributed by atoms with Crippen LogP contribution in [0, 0.1) is 0 Å². The van der Waals surface area contributed by atoms with Crippen molar-refractivity contribution in [1.29, 1.82) is 0 Å². The Balaban J connectivity index is 0.634. The van der Waals surface area contributed by atoms with Gasteiger partial charge in [0, 0.05) is 62.2 Å². The van der Waals surface area contributed by atoms with Crippen LogP contribution in [0.2, 0.25) is 0 Å². The molecule has 1 saturated heterocycles. The van der Waals surface area contributed by atoms with Gasteiger partial charge in [-0.25, -0.2) is 15.0 Å². The minimum Gasteiger partial charge on any atom is -0.484 e. The van der Waals surface area contributed by atoms with Gasteiger partial charge < -0.3 is 58.5 Å². The van der Waals surface area contributed by atoms with Crippen molar-refractivity contribution in [3.63, 3.8) is 0 Å². The number of nitrogens with one attached hydrogen (secondary N) is 4. The predicted molar refractivity (Wildman–Crippen MR) is 265 cm³/mol. The van der Waals surface area contributed by atoms with E-state index in [0.29, 0.717) is 78.1 Å². The summed E-state index contributed by atoms with van der Waals surface area (Å²) in [6.07, 6.45) is 15.3. The fourth-order valence-electron chi connectivity index (χ4n) is 8.81. The molecule has 1 aromatic carbocycles. The van der Waals surface area contributed by atoms with Gasteiger partial charge in [-0.1, -0.05) is 56.4 Å². The molecule has 5 aromatic rings. The number of aromatic nitrogens is 5. The van der Waals surface area contributed by atoms with E-state index in [2.05, 4.69) is 36.2 Å². The highest BCUT2D eigenvalue weighted by Crippen LogP contribution is 2.35. The number of ether oxygens (including phenoxy) is 2. The van der Waals surface area contributed by atoms with E-state index in [0.717, 1.165) is 77.2 Å². The quantitative estimate of drug-likeness (QED) is 0.0300. The van der Waals surface area contributed by atoms with Gasteiger partial charge >= 0.3 is 6.97 Å². The highest BCUT2D eigenvalue weighted by atomic mass is 32.1. The molecule has 0 aliphatic carbocycles. The maximum Gasteiger partial charge on any atom is 0.737 e. The summed E-state index contributed by atoms with van der Waals surface area (Å²) in [5, 5.41) is 34.7. The number of hydrogen-bond donors (Lipinski definition) is 6. The molecule has 3 aliphatic rings. The zero-order valence-electron chi connectivity index (χ0n) is 39.0. The van der Waals surface area contributed by atoms with Gasteiger partial charge in [0.1, 0.15) is 24.3 Å². The molecule has 7 heterocycles. The average Bonchev–Trinajstić information content (AvgIpc) is 4.22. The number of nitrogens with zero attached hydrogens (tertiary/aromatic N) is 6. The molecule has 0 spiro atoms. The second-order valence-corrected chi connectivity index (χ2v) is 18.3. The Labute approximate surface area is 408 Å². The van der Waals surface area contributed by atoms with Crippen molar-refractivity contribution in [3.8, 4) is 5.75 Å². The summed E-state index contributed by atoms with van der Waals surface area (Å²) in [5.74, 6) is 0.347. The first-order chi connectivity index (χ1) is 34.0. The van der Waals surface area contributed by atoms with Crippen LogP contribution < -0.4 is 26.0 Å². The number of carbonyl (C=O) groups is 3. The average molecular weight is 981 g/mol. The van der Waals surface area contributed by atoms with Gasteiger partial charge in [-0.05, 0) is 80.0 Å². The van der Waals surface area contributed by atoms with Crippen molar-refractivity contribution in [3.05, 3.63) is 106 Å². The molecule has 0 bridgehead atoms. The normalized spacial score (nSPS) is 19.1. The summed E-state index contributed by atoms with van der Waals surface area (Å²) < 4.78 is 47.4. The highest BCUT2D eigenvalue weighted by molar-refractivity contribution is 7.12. The number of carbonyl (C=O) groups excluding carboxylic acids is 3. The molecule has 21 heteroatoms. The number of anilines is 1. The van der Waals surface area contributed by atoms with Crippen LogP contribution in [0.1, 0.15) is 99.2 Å². The third-order valence-electron chi connectivity index (χ3n) is 12.4. The van der Waals surface area contributed by atoms with E-state index in [4.69, 9.17) is 9.47 Å². The molecule has 0 unspecified atom stereocenters. The largest absolute Gasteiger partial charge is 0.737 e. The van der Waals surface area contributed by atoms with Crippen molar-refractivity contribution in [1.82, 2.24) is 39.9 Å². The number of hydrogen-bond acceptors (Lipinski definition) is 12. The van der Waals surface area contributed by atoms with Crippen LogP contribution in [0.4, 0.5) is 14.4 Å². The lowest BCUT2D eigenvalue weighted by Gasteiger charge is -2.30. The molecular formula is C49H59BF2N10O7S. The maximum absolute atomic E-state index is 16.1. The first-order valence-corrected chi connectivity index (χ1v) is 24.9. The van der Waals surface area contributed by atoms with Gasteiger partial charge in [-0.15, -0.1) is 11.3 Å². The lowest BCUT2D eigenvalue weighted by molar-refractivity contribution is -0.360. The molecule has 3 amide bonds. The van der Waals surface area contributed by atoms with E-state index >= 15 is 8.63 Å². The van der Waals surface area contributed by atoms with Gasteiger partial charge in [-0.2, -0.15) is 0 Å². The molecule has 4 atom stereocenters. The summed E-state index contributed by atoms with van der Waals surface area (Å²) in [6.45, 7) is -0.341. The predicted octanol–water partition coefficient (Wildman–Crippen LogP) is 5.89. The number of benzene rings is 1. The van der Waals surface area contributed by atoms with Crippen LogP contribution in [0.3, 0.4) is 0 Å². The second kappa shape index (κ2) is 23.4. The number of imidazole rings is 1. The smallest absolute Gasteiger partial charge is 0.484 e. The van der Waals surface area contributed by atoms with Crippen LogP contribution in [-0.2, 0) is 19.1 Å². The second-order valence-electron chi connectivity index (χ2n) is 17.4. The lowest BCUT2D eigenvalue weighted by Crippen LogP contribution is -2.50. The third kappa shape index (κ3) is 11.7. The van der Waals surface area contributed by atoms with Crippen molar-refractivity contribution in [2.45, 2.75) is 95.7 Å². The SMILES string of the molecule is CCNC(=O)[C@H]1O[C@@H](n2cnc3c(NCCCCCCCCNC(=O)CCCCCNC(=O)COc4ccc(/C=C/c5ccc6n5[B-](F)(F)[N+]5=C(c7cccs7)C=CC5=C6)cc4)ncnc32)[C@H](O)[C@@H]1O. The Kier molecular flexibility index (Phi) is 16.7. The summed E-state index contributed by atoms with van der Waals surface area (Å²) >= 11 is 1.43. The number of fused-ring (bicyclic) bond motifs is 3. The third-order valence-corrected chi connectivity index (χ3v) is 13.3. The van der Waals surface area contributed by atoms with Gasteiger partial charge in [0.2, 0.25) is 5.91 Å². The minimum absolute atomic E-state index is 0.0333. The fourth-order valence-corrected chi connectivity index (χ4v) is 9.56. The number of thiophene rings is 1. The van der Waals surface area contributed by atoms with E-state index < -0.39 is 37.4 Å². The van der Waals surface area contributed by atoms with Gasteiger partial charge in [0.25, 0.3) is 11.8 Å². The number of aliphatic hydroxyl groups is 2. The Hall–Kier alpha value is -6.55. The van der Waals surface area contributed by atoms with Crippen molar-refractivity contribution in [2.24, 2.45) is 0 Å². The summed E-state index contributed by atoms with van der Waals surface area (Å²) in [4.78, 5) is 50.9. The van der Waals surface area contributed by atoms with Crippen LogP contribution in [0.25, 0.3) is 29.4 Å². The Morgan fingerprint density at radius 3 is 2.36 bits per heavy atom. The van der Waals surface area contributed by atoms with E-state index in [1.807, 2.05) is 17.5 Å². The van der Waals surface area contributed by atoms with Crippen LogP contribution in [0.5, 0.6) is 5.75 Å². The molecule has 0 saturated carbocycles.